The van der Waals surface area contributed by atoms with E-state index in [1.54, 1.807) is 43.5 Å². The Balaban J connectivity index is 1.91. The van der Waals surface area contributed by atoms with Crippen molar-refractivity contribution in [2.75, 3.05) is 18.6 Å². The Labute approximate surface area is 162 Å². The number of thiocarbonyl (C=S) groups is 1. The van der Waals surface area contributed by atoms with Crippen molar-refractivity contribution in [2.24, 2.45) is 0 Å². The first kappa shape index (κ1) is 18.8. The summed E-state index contributed by atoms with van der Waals surface area (Å²) in [4.78, 5) is 13.9. The molecule has 0 saturated carbocycles. The largest absolute Gasteiger partial charge is 0.493 e. The number of hydrogen-bond donors (Lipinski definition) is 1. The Hall–Kier alpha value is -2.93. The van der Waals surface area contributed by atoms with E-state index < -0.39 is 11.7 Å². The van der Waals surface area contributed by atoms with Crippen LogP contribution in [0.2, 0.25) is 0 Å². The number of hydrogen-bond acceptors (Lipinski definition) is 4. The molecule has 0 aliphatic carbocycles. The minimum absolute atomic E-state index is 0.116. The van der Waals surface area contributed by atoms with Crippen LogP contribution in [0.3, 0.4) is 0 Å². The fraction of sp³-hybridized carbons (Fsp3) is 0.200. The van der Waals surface area contributed by atoms with Gasteiger partial charge >= 0.3 is 0 Å². The molecule has 1 amide bonds. The van der Waals surface area contributed by atoms with Crippen LogP contribution >= 0.6 is 12.2 Å². The van der Waals surface area contributed by atoms with Crippen molar-refractivity contribution in [3.05, 3.63) is 59.5 Å². The summed E-state index contributed by atoms with van der Waals surface area (Å²) < 4.78 is 25.1. The van der Waals surface area contributed by atoms with E-state index in [4.69, 9.17) is 21.7 Å². The molecular formula is C20H19FN2O3S. The van der Waals surface area contributed by atoms with Crippen LogP contribution in [0.1, 0.15) is 18.9 Å². The number of amides is 1. The molecule has 1 N–H and O–H groups in total. The maximum absolute atomic E-state index is 14.1. The zero-order chi connectivity index (χ0) is 19.4. The van der Waals surface area contributed by atoms with E-state index in [0.29, 0.717) is 18.1 Å². The van der Waals surface area contributed by atoms with Gasteiger partial charge in [0.15, 0.2) is 16.6 Å². The fourth-order valence-corrected chi connectivity index (χ4v) is 2.95. The van der Waals surface area contributed by atoms with Crippen LogP contribution in [0.15, 0.2) is 48.2 Å². The number of nitrogens with one attached hydrogen (secondary N) is 1. The van der Waals surface area contributed by atoms with E-state index in [-0.39, 0.29) is 16.5 Å². The lowest BCUT2D eigenvalue weighted by Gasteiger charge is -2.14. The number of ether oxygens (including phenoxy) is 2. The number of para-hydroxylation sites is 1. The normalized spacial score (nSPS) is 15.2. The number of rotatable bonds is 6. The summed E-state index contributed by atoms with van der Waals surface area (Å²) in [5.41, 5.74) is 1.11. The van der Waals surface area contributed by atoms with Crippen LogP contribution in [0, 0.1) is 5.82 Å². The van der Waals surface area contributed by atoms with Crippen LogP contribution in [0.4, 0.5) is 10.1 Å². The van der Waals surface area contributed by atoms with Crippen molar-refractivity contribution in [2.45, 2.75) is 13.3 Å². The highest BCUT2D eigenvalue weighted by molar-refractivity contribution is 7.80. The molecule has 0 unspecified atom stereocenters. The van der Waals surface area contributed by atoms with Crippen molar-refractivity contribution in [1.29, 1.82) is 0 Å². The predicted octanol–water partition coefficient (Wildman–Crippen LogP) is 3.89. The lowest BCUT2D eigenvalue weighted by Crippen LogP contribution is -2.31. The SMILES string of the molecule is CCCOc1cc(/C=C2\NC(=S)N(c3ccccc3F)C2=O)ccc1OC. The summed E-state index contributed by atoms with van der Waals surface area (Å²) in [5.74, 6) is 0.264. The topological polar surface area (TPSA) is 50.8 Å². The first-order chi connectivity index (χ1) is 13.0. The van der Waals surface area contributed by atoms with Crippen LogP contribution in [-0.4, -0.2) is 24.7 Å². The molecular weight excluding hydrogens is 367 g/mol. The first-order valence-electron chi connectivity index (χ1n) is 8.47. The average molecular weight is 386 g/mol. The zero-order valence-electron chi connectivity index (χ0n) is 15.0. The second kappa shape index (κ2) is 8.18. The molecule has 1 saturated heterocycles. The molecule has 0 bridgehead atoms. The van der Waals surface area contributed by atoms with Crippen molar-refractivity contribution in [3.63, 3.8) is 0 Å². The average Bonchev–Trinajstić information content (AvgIpc) is 2.94. The molecule has 1 aliphatic heterocycles. The van der Waals surface area contributed by atoms with Gasteiger partial charge in [0.25, 0.3) is 5.91 Å². The minimum Gasteiger partial charge on any atom is -0.493 e. The maximum Gasteiger partial charge on any atom is 0.281 e. The third-order valence-electron chi connectivity index (χ3n) is 3.93. The third kappa shape index (κ3) is 3.93. The fourth-order valence-electron chi connectivity index (χ4n) is 2.66. The molecule has 0 spiro atoms. The molecule has 5 nitrogen and oxygen atoms in total. The molecule has 0 aromatic heterocycles. The minimum atomic E-state index is -0.518. The molecule has 1 aliphatic rings. The standard InChI is InChI=1S/C20H19FN2O3S/c1-3-10-26-18-12-13(8-9-17(18)25-2)11-15-19(24)23(20(27)22-15)16-7-5-4-6-14(16)21/h4-9,11-12H,3,10H2,1-2H3,(H,22,27)/b15-11-. The number of benzene rings is 2. The van der Waals surface area contributed by atoms with Gasteiger partial charge in [-0.2, -0.15) is 0 Å². The Morgan fingerprint density at radius 1 is 1.22 bits per heavy atom. The van der Waals surface area contributed by atoms with Crippen molar-refractivity contribution in [3.8, 4) is 11.5 Å². The Bertz CT molecular complexity index is 914. The Morgan fingerprint density at radius 2 is 2.00 bits per heavy atom. The number of anilines is 1. The summed E-state index contributed by atoms with van der Waals surface area (Å²) >= 11 is 5.22. The van der Waals surface area contributed by atoms with Crippen molar-refractivity contribution in [1.82, 2.24) is 5.32 Å². The predicted molar refractivity (Wildman–Crippen MR) is 106 cm³/mol. The van der Waals surface area contributed by atoms with E-state index in [9.17, 15) is 9.18 Å². The van der Waals surface area contributed by atoms with E-state index in [2.05, 4.69) is 5.32 Å². The van der Waals surface area contributed by atoms with Gasteiger partial charge in [0.2, 0.25) is 0 Å². The number of carbonyl (C=O) groups excluding carboxylic acids is 1. The molecule has 2 aromatic rings. The van der Waals surface area contributed by atoms with Gasteiger partial charge in [0.05, 0.1) is 19.4 Å². The first-order valence-corrected chi connectivity index (χ1v) is 8.88. The number of methoxy groups -OCH3 is 1. The van der Waals surface area contributed by atoms with Crippen LogP contribution in [0.25, 0.3) is 6.08 Å². The molecule has 27 heavy (non-hydrogen) atoms. The van der Waals surface area contributed by atoms with Crippen LogP contribution < -0.4 is 19.7 Å². The number of carbonyl (C=O) groups is 1. The molecule has 3 rings (SSSR count). The molecule has 7 heteroatoms. The summed E-state index contributed by atoms with van der Waals surface area (Å²) in [7, 11) is 1.57. The number of halogens is 1. The highest BCUT2D eigenvalue weighted by Gasteiger charge is 2.33. The van der Waals surface area contributed by atoms with Gasteiger partial charge in [0.1, 0.15) is 11.5 Å². The van der Waals surface area contributed by atoms with E-state index >= 15 is 0 Å². The highest BCUT2D eigenvalue weighted by Crippen LogP contribution is 2.30. The lowest BCUT2D eigenvalue weighted by atomic mass is 10.1. The van der Waals surface area contributed by atoms with Crippen molar-refractivity contribution < 1.29 is 18.7 Å². The molecule has 1 heterocycles. The smallest absolute Gasteiger partial charge is 0.281 e. The summed E-state index contributed by atoms with van der Waals surface area (Å²) in [6.45, 7) is 2.57. The van der Waals surface area contributed by atoms with Gasteiger partial charge in [-0.25, -0.2) is 9.29 Å². The quantitative estimate of drug-likeness (QED) is 0.603. The molecule has 0 radical (unpaired) electrons. The van der Waals surface area contributed by atoms with E-state index in [1.807, 2.05) is 6.92 Å². The molecule has 2 aromatic carbocycles. The van der Waals surface area contributed by atoms with Crippen LogP contribution in [0.5, 0.6) is 11.5 Å². The summed E-state index contributed by atoms with van der Waals surface area (Å²) in [6.07, 6.45) is 2.51. The van der Waals surface area contributed by atoms with E-state index in [0.717, 1.165) is 16.9 Å². The monoisotopic (exact) mass is 386 g/mol. The lowest BCUT2D eigenvalue weighted by molar-refractivity contribution is -0.113. The molecule has 0 atom stereocenters. The Kier molecular flexibility index (Phi) is 5.71. The number of nitrogens with zero attached hydrogens (tertiary/aromatic N) is 1. The summed E-state index contributed by atoms with van der Waals surface area (Å²) in [6, 6.07) is 11.4. The zero-order valence-corrected chi connectivity index (χ0v) is 15.8. The van der Waals surface area contributed by atoms with Gasteiger partial charge in [-0.3, -0.25) is 4.79 Å². The second-order valence-corrected chi connectivity index (χ2v) is 6.23. The molecule has 1 fully saturated rings. The molecule has 140 valence electrons. The third-order valence-corrected chi connectivity index (χ3v) is 4.22. The van der Waals surface area contributed by atoms with Gasteiger partial charge < -0.3 is 14.8 Å². The Morgan fingerprint density at radius 3 is 2.70 bits per heavy atom. The van der Waals surface area contributed by atoms with Gasteiger partial charge in [0, 0.05) is 0 Å². The highest BCUT2D eigenvalue weighted by atomic mass is 32.1. The second-order valence-electron chi connectivity index (χ2n) is 5.84. The van der Waals surface area contributed by atoms with Crippen molar-refractivity contribution >= 4 is 35.0 Å². The summed E-state index contributed by atoms with van der Waals surface area (Å²) in [5, 5.41) is 2.98. The maximum atomic E-state index is 14.1. The van der Waals surface area contributed by atoms with Crippen LogP contribution in [-0.2, 0) is 4.79 Å². The van der Waals surface area contributed by atoms with E-state index in [1.165, 1.54) is 12.1 Å². The van der Waals surface area contributed by atoms with Gasteiger partial charge in [-0.05, 0) is 54.5 Å². The van der Waals surface area contributed by atoms with Gasteiger partial charge in [-0.1, -0.05) is 25.1 Å². The van der Waals surface area contributed by atoms with Gasteiger partial charge in [-0.15, -0.1) is 0 Å².